The number of aromatic nitrogens is 7. The van der Waals surface area contributed by atoms with Crippen LogP contribution in [0.15, 0.2) is 16.1 Å². The Hall–Kier alpha value is -2.50. The molecule has 0 aromatic carbocycles. The first kappa shape index (κ1) is 32.4. The maximum absolute atomic E-state index is 15.7. The number of aliphatic hydroxyl groups excluding tert-OH is 1. The van der Waals surface area contributed by atoms with Crippen molar-refractivity contribution >= 4 is 67.8 Å². The van der Waals surface area contributed by atoms with Crippen LogP contribution in [0, 0.1) is 0 Å². The summed E-state index contributed by atoms with van der Waals surface area (Å²) in [5.74, 6) is -0.121. The molecule has 2 fully saturated rings. The lowest BCUT2D eigenvalue weighted by Gasteiger charge is -2.24. The van der Waals surface area contributed by atoms with Gasteiger partial charge in [0, 0.05) is 0 Å². The van der Waals surface area contributed by atoms with E-state index in [1.807, 2.05) is 0 Å². The van der Waals surface area contributed by atoms with Crippen molar-refractivity contribution in [2.45, 2.75) is 55.4 Å². The zero-order valence-corrected chi connectivity index (χ0v) is 26.0. The number of hydrogen-bond acceptors (Lipinski definition) is 17. The van der Waals surface area contributed by atoms with E-state index in [-0.39, 0.29) is 22.9 Å². The summed E-state index contributed by atoms with van der Waals surface area (Å²) in [5.41, 5.74) is 10.6. The third-order valence-electron chi connectivity index (χ3n) is 7.00. The average Bonchev–Trinajstić information content (AvgIpc) is 3.73. The number of thiol groups is 2. The average molecular weight is 716 g/mol. The van der Waals surface area contributed by atoms with Gasteiger partial charge >= 0.3 is 6.80 Å². The van der Waals surface area contributed by atoms with E-state index in [1.165, 1.54) is 17.2 Å². The minimum atomic E-state index is -4.57. The number of aliphatic imine (C=N–C) groups is 1. The van der Waals surface area contributed by atoms with E-state index in [4.69, 9.17) is 34.5 Å². The number of aromatic amines is 1. The summed E-state index contributed by atoms with van der Waals surface area (Å²) in [5, 5.41) is 19.8. The lowest BCUT2D eigenvalue weighted by atomic mass is 10.1. The van der Waals surface area contributed by atoms with Gasteiger partial charge in [-0.25, -0.2) is 23.3 Å². The Bertz CT molecular complexity index is 1750. The van der Waals surface area contributed by atoms with E-state index in [2.05, 4.69) is 60.1 Å². The van der Waals surface area contributed by atoms with Crippen LogP contribution in [0.5, 0.6) is 0 Å². The van der Waals surface area contributed by atoms with Crippen molar-refractivity contribution in [3.8, 4) is 0 Å². The van der Waals surface area contributed by atoms with Crippen molar-refractivity contribution in [1.29, 1.82) is 0 Å². The Kier molecular flexibility index (Phi) is 9.08. The standard InChI is InChI=1S/C19H25F2N11O9P2S2/c20-7-5(1-33)38-18(32-15-10(29-30-32)16(34)28-19(23)27-15)12(7)41-43(36,45)37-2-6-11(40-42(35)44)8(21)17(39-6)31-4-26-9-13(22)24-3-25-14(9)31/h3-8,11-13,17-18,33,42H,1-2,22H2,(H,24,25)(H,35,44)(H,36,45)(H3,23,27,28,34)/t5-,6-,7-,8+,11-,12-,13?,17-,18-,43?/m1/s1. The number of imidazole rings is 1. The van der Waals surface area contributed by atoms with Gasteiger partial charge in [0.1, 0.15) is 36.3 Å². The summed E-state index contributed by atoms with van der Waals surface area (Å²) < 4.78 is 85.7. The van der Waals surface area contributed by atoms with E-state index in [0.29, 0.717) is 5.69 Å². The number of ether oxygens (including phenoxy) is 2. The van der Waals surface area contributed by atoms with Crippen molar-refractivity contribution in [1.82, 2.24) is 39.8 Å². The van der Waals surface area contributed by atoms with Crippen molar-refractivity contribution < 1.29 is 46.1 Å². The SMILES string of the molecule is Nc1nc2c(nnn2[C@@H]2O[C@H](CO)[C@@H](F)[C@H]2OP(=O)(S)OC[C@H]2O[C@@H](n3cnc4c3N=CNC4N)[C@@H](F)[C@@H]2O[PH](=O)S)c(=O)[nH]1. The minimum Gasteiger partial charge on any atom is -0.394 e. The Morgan fingerprint density at radius 2 is 1.98 bits per heavy atom. The van der Waals surface area contributed by atoms with Gasteiger partial charge < -0.3 is 35.9 Å². The number of nitrogens with one attached hydrogen (secondary N) is 2. The molecule has 0 aliphatic carbocycles. The monoisotopic (exact) mass is 715 g/mol. The zero-order chi connectivity index (χ0) is 32.2. The molecule has 0 bridgehead atoms. The number of alkyl halides is 2. The highest BCUT2D eigenvalue weighted by Gasteiger charge is 2.52. The Labute approximate surface area is 260 Å². The minimum absolute atomic E-state index is 0.189. The van der Waals surface area contributed by atoms with Crippen LogP contribution in [0.4, 0.5) is 20.5 Å². The summed E-state index contributed by atoms with van der Waals surface area (Å²) in [6.07, 6.45) is -11.5. The molecule has 6 rings (SSSR count). The largest absolute Gasteiger partial charge is 0.394 e. The van der Waals surface area contributed by atoms with E-state index in [9.17, 15) is 19.0 Å². The second-order valence-electron chi connectivity index (χ2n) is 9.80. The number of anilines is 1. The molecule has 0 saturated carbocycles. The fourth-order valence-corrected chi connectivity index (χ4v) is 7.34. The van der Waals surface area contributed by atoms with Gasteiger partial charge in [0.15, 0.2) is 41.8 Å². The molecule has 3 aromatic rings. The molecule has 0 spiro atoms. The second kappa shape index (κ2) is 12.6. The molecule has 2 saturated heterocycles. The van der Waals surface area contributed by atoms with Crippen LogP contribution in [-0.4, -0.2) is 95.9 Å². The topological polar surface area (TPSA) is 271 Å². The van der Waals surface area contributed by atoms with Gasteiger partial charge in [0.2, 0.25) is 13.2 Å². The van der Waals surface area contributed by atoms with E-state index < -0.39 is 88.2 Å². The summed E-state index contributed by atoms with van der Waals surface area (Å²) in [6.45, 7) is -6.11. The zero-order valence-electron chi connectivity index (χ0n) is 22.4. The maximum atomic E-state index is 15.7. The quantitative estimate of drug-likeness (QED) is 0.106. The molecule has 246 valence electrons. The fraction of sp³-hybridized carbons (Fsp3) is 0.579. The Balaban J connectivity index is 1.21. The van der Waals surface area contributed by atoms with Gasteiger partial charge in [-0.2, -0.15) is 9.67 Å². The van der Waals surface area contributed by atoms with Gasteiger partial charge in [-0.1, -0.05) is 29.7 Å². The first-order valence-corrected chi connectivity index (χ1v) is 18.2. The molecule has 26 heteroatoms. The Morgan fingerprint density at radius 3 is 2.71 bits per heavy atom. The molecule has 0 radical (unpaired) electrons. The van der Waals surface area contributed by atoms with Crippen LogP contribution in [-0.2, 0) is 32.2 Å². The number of rotatable bonds is 10. The van der Waals surface area contributed by atoms with Gasteiger partial charge in [0.05, 0.1) is 25.9 Å². The summed E-state index contributed by atoms with van der Waals surface area (Å²) in [7, 11) is -3.02. The molecule has 20 nitrogen and oxygen atoms in total. The molecule has 6 heterocycles. The third kappa shape index (κ3) is 6.16. The van der Waals surface area contributed by atoms with Crippen molar-refractivity contribution in [3.05, 3.63) is 22.4 Å². The summed E-state index contributed by atoms with van der Waals surface area (Å²) in [4.78, 5) is 26.6. The first-order valence-electron chi connectivity index (χ1n) is 12.9. The second-order valence-corrected chi connectivity index (χ2v) is 14.5. The van der Waals surface area contributed by atoms with E-state index >= 15 is 8.78 Å². The first-order chi connectivity index (χ1) is 21.4. The van der Waals surface area contributed by atoms with Crippen molar-refractivity contribution in [3.63, 3.8) is 0 Å². The molecule has 7 N–H and O–H groups in total. The lowest BCUT2D eigenvalue weighted by Crippen LogP contribution is -2.34. The highest BCUT2D eigenvalue weighted by Crippen LogP contribution is 2.57. The predicted octanol–water partition coefficient (Wildman–Crippen LogP) is -0.179. The molecule has 0 amide bonds. The molecular formula is C19H25F2N11O9P2S2. The van der Waals surface area contributed by atoms with Crippen molar-refractivity contribution in [2.75, 3.05) is 18.9 Å². The molecule has 45 heavy (non-hydrogen) atoms. The van der Waals surface area contributed by atoms with Gasteiger partial charge in [-0.15, -0.1) is 5.10 Å². The van der Waals surface area contributed by atoms with Crippen LogP contribution >= 0.6 is 38.5 Å². The van der Waals surface area contributed by atoms with Gasteiger partial charge in [-0.05, 0) is 0 Å². The highest BCUT2D eigenvalue weighted by molar-refractivity contribution is 8.44. The van der Waals surface area contributed by atoms with Gasteiger partial charge in [-0.3, -0.25) is 28.0 Å². The van der Waals surface area contributed by atoms with E-state index in [0.717, 1.165) is 4.68 Å². The molecule has 3 aliphatic rings. The number of H-pyrrole nitrogens is 1. The number of nitrogen functional groups attached to an aromatic ring is 1. The highest BCUT2D eigenvalue weighted by atomic mass is 32.7. The van der Waals surface area contributed by atoms with E-state index in [1.54, 1.807) is 0 Å². The number of nitrogens with zero attached hydrogens (tertiary/aromatic N) is 7. The Morgan fingerprint density at radius 1 is 1.22 bits per heavy atom. The number of halogens is 2. The molecule has 3 unspecified atom stereocenters. The predicted molar refractivity (Wildman–Crippen MR) is 156 cm³/mol. The molecule has 11 atom stereocenters. The summed E-state index contributed by atoms with van der Waals surface area (Å²) >= 11 is 7.66. The van der Waals surface area contributed by atoms with Crippen LogP contribution < -0.4 is 22.3 Å². The van der Waals surface area contributed by atoms with Crippen LogP contribution in [0.1, 0.15) is 24.3 Å². The number of hydrogen-bond donors (Lipinski definition) is 7. The van der Waals surface area contributed by atoms with Crippen molar-refractivity contribution in [2.24, 2.45) is 10.7 Å². The number of fused-ring (bicyclic) bond motifs is 2. The number of nitrogens with two attached hydrogens (primary N) is 2. The van der Waals surface area contributed by atoms with Crippen LogP contribution in [0.25, 0.3) is 11.2 Å². The van der Waals surface area contributed by atoms with Crippen LogP contribution in [0.2, 0.25) is 0 Å². The molecule has 3 aliphatic heterocycles. The lowest BCUT2D eigenvalue weighted by molar-refractivity contribution is -0.0570. The smallest absolute Gasteiger partial charge is 0.386 e. The maximum Gasteiger partial charge on any atom is 0.386 e. The fourth-order valence-electron chi connectivity index (χ4n) is 5.01. The molecular weight excluding hydrogens is 690 g/mol. The third-order valence-corrected chi connectivity index (χ3v) is 9.41. The van der Waals surface area contributed by atoms with Gasteiger partial charge in [0.25, 0.3) is 5.56 Å². The normalized spacial score (nSPS) is 33.2. The number of aliphatic hydroxyl groups is 1. The molecule has 3 aromatic heterocycles. The summed E-state index contributed by atoms with van der Waals surface area (Å²) in [6, 6.07) is 0. The van der Waals surface area contributed by atoms with Crippen LogP contribution in [0.3, 0.4) is 0 Å².